The van der Waals surface area contributed by atoms with E-state index in [0.29, 0.717) is 10.8 Å². The van der Waals surface area contributed by atoms with Gasteiger partial charge in [-0.15, -0.1) is 0 Å². The molecule has 0 aliphatic heterocycles. The van der Waals surface area contributed by atoms with Gasteiger partial charge >= 0.3 is 0 Å². The zero-order valence-electron chi connectivity index (χ0n) is 9.19. The van der Waals surface area contributed by atoms with Crippen LogP contribution in [0.2, 0.25) is 0 Å². The number of rotatable bonds is 3. The molecule has 1 aromatic rings. The molecule has 0 spiro atoms. The summed E-state index contributed by atoms with van der Waals surface area (Å²) >= 11 is 1.28. The first-order chi connectivity index (χ1) is 6.91. The van der Waals surface area contributed by atoms with Crippen LogP contribution in [-0.2, 0) is 4.79 Å². The fourth-order valence-electron chi connectivity index (χ4n) is 0.880. The molecule has 0 bridgehead atoms. The number of ketones is 1. The van der Waals surface area contributed by atoms with Gasteiger partial charge in [-0.3, -0.25) is 4.79 Å². The maximum atomic E-state index is 11.6. The molecule has 0 unspecified atom stereocenters. The number of Topliss-reactive ketones (excluding diaryl/α,β-unsaturated/α-hetero) is 1. The zero-order chi connectivity index (χ0) is 11.5. The maximum Gasteiger partial charge on any atom is 0.251 e. The Bertz CT molecular complexity index is 358. The monoisotopic (exact) mass is 225 g/mol. The molecule has 0 radical (unpaired) electrons. The second-order valence-corrected chi connectivity index (χ2v) is 5.32. The van der Waals surface area contributed by atoms with Crippen LogP contribution in [0, 0.1) is 10.6 Å². The van der Waals surface area contributed by atoms with Crippen molar-refractivity contribution < 1.29 is 9.52 Å². The van der Waals surface area contributed by atoms with Crippen LogP contribution in [-0.4, -0.2) is 11.5 Å². The summed E-state index contributed by atoms with van der Waals surface area (Å²) in [4.78, 5) is 11.6. The van der Waals surface area contributed by atoms with Crippen molar-refractivity contribution in [3.05, 3.63) is 29.6 Å². The van der Waals surface area contributed by atoms with Crippen LogP contribution in [0.3, 0.4) is 0 Å². The Morgan fingerprint density at radius 1 is 1.47 bits per heavy atom. The minimum atomic E-state index is -0.338. The van der Waals surface area contributed by atoms with E-state index < -0.39 is 0 Å². The number of pyridine rings is 1. The van der Waals surface area contributed by atoms with Gasteiger partial charge in [-0.2, -0.15) is 4.73 Å². The lowest BCUT2D eigenvalue weighted by molar-refractivity contribution is -0.645. The molecule has 15 heavy (non-hydrogen) atoms. The van der Waals surface area contributed by atoms with E-state index in [0.717, 1.165) is 4.73 Å². The van der Waals surface area contributed by atoms with E-state index in [1.807, 2.05) is 20.8 Å². The Labute approximate surface area is 94.1 Å². The highest BCUT2D eigenvalue weighted by atomic mass is 32.2. The molecular formula is C11H15NO2S. The van der Waals surface area contributed by atoms with Gasteiger partial charge < -0.3 is 5.21 Å². The lowest BCUT2D eigenvalue weighted by Gasteiger charge is -2.15. The van der Waals surface area contributed by atoms with Crippen molar-refractivity contribution in [3.63, 3.8) is 0 Å². The van der Waals surface area contributed by atoms with Gasteiger partial charge in [0, 0.05) is 17.5 Å². The average Bonchev–Trinajstić information content (AvgIpc) is 2.14. The first kappa shape index (κ1) is 12.0. The molecule has 3 nitrogen and oxygen atoms in total. The first-order valence-corrected chi connectivity index (χ1v) is 5.74. The summed E-state index contributed by atoms with van der Waals surface area (Å²) in [5.41, 5.74) is -0.338. The van der Waals surface area contributed by atoms with Gasteiger partial charge in [-0.05, 0) is 17.8 Å². The van der Waals surface area contributed by atoms with Crippen LogP contribution in [0.4, 0.5) is 0 Å². The molecule has 0 amide bonds. The van der Waals surface area contributed by atoms with Gasteiger partial charge in [0.2, 0.25) is 0 Å². The topological polar surface area (TPSA) is 44.0 Å². The summed E-state index contributed by atoms with van der Waals surface area (Å²) < 4.78 is 0.778. The molecular weight excluding hydrogens is 210 g/mol. The lowest BCUT2D eigenvalue weighted by atomic mass is 9.92. The number of carbonyl (C=O) groups excluding carboxylic acids is 1. The highest BCUT2D eigenvalue weighted by Crippen LogP contribution is 2.20. The highest BCUT2D eigenvalue weighted by molar-refractivity contribution is 7.99. The Balaban J connectivity index is 2.59. The fraction of sp³-hybridized carbons (Fsp3) is 0.455. The molecule has 0 aliphatic carbocycles. The summed E-state index contributed by atoms with van der Waals surface area (Å²) in [6.45, 7) is 5.64. The molecule has 82 valence electrons. The van der Waals surface area contributed by atoms with Crippen molar-refractivity contribution in [2.75, 3.05) is 5.75 Å². The number of hydrogen-bond acceptors (Lipinski definition) is 3. The fourth-order valence-corrected chi connectivity index (χ4v) is 1.96. The summed E-state index contributed by atoms with van der Waals surface area (Å²) in [7, 11) is 0. The Morgan fingerprint density at radius 2 is 2.13 bits per heavy atom. The predicted octanol–water partition coefficient (Wildman–Crippen LogP) is 2.03. The van der Waals surface area contributed by atoms with Gasteiger partial charge in [-0.25, -0.2) is 0 Å². The second kappa shape index (κ2) is 4.66. The van der Waals surface area contributed by atoms with E-state index in [2.05, 4.69) is 0 Å². The van der Waals surface area contributed by atoms with Crippen LogP contribution in [0.15, 0.2) is 29.4 Å². The third kappa shape index (κ3) is 3.55. The largest absolute Gasteiger partial charge is 0.618 e. The molecule has 0 atom stereocenters. The molecule has 0 saturated heterocycles. The van der Waals surface area contributed by atoms with Gasteiger partial charge in [0.05, 0.1) is 5.75 Å². The second-order valence-electron chi connectivity index (χ2n) is 4.33. The van der Waals surface area contributed by atoms with Crippen LogP contribution >= 0.6 is 11.8 Å². The molecule has 0 N–H and O–H groups in total. The first-order valence-electron chi connectivity index (χ1n) is 4.75. The molecule has 0 aromatic carbocycles. The number of aromatic nitrogens is 1. The molecule has 0 fully saturated rings. The third-order valence-electron chi connectivity index (χ3n) is 1.98. The SMILES string of the molecule is CC(C)(C)C(=O)CSc1cccc[n+]1[O-]. The van der Waals surface area contributed by atoms with Crippen LogP contribution in [0.1, 0.15) is 20.8 Å². The molecule has 1 aromatic heterocycles. The average molecular weight is 225 g/mol. The summed E-state index contributed by atoms with van der Waals surface area (Å²) in [6, 6.07) is 5.18. The third-order valence-corrected chi connectivity index (χ3v) is 2.99. The Morgan fingerprint density at radius 3 is 2.67 bits per heavy atom. The van der Waals surface area contributed by atoms with Crippen LogP contribution in [0.25, 0.3) is 0 Å². The molecule has 0 saturated carbocycles. The summed E-state index contributed by atoms with van der Waals surface area (Å²) in [5, 5.41) is 11.8. The number of nitrogens with zero attached hydrogens (tertiary/aromatic N) is 1. The predicted molar refractivity (Wildman–Crippen MR) is 60.6 cm³/mol. The Hall–Kier alpha value is -1.03. The van der Waals surface area contributed by atoms with Crippen LogP contribution in [0.5, 0.6) is 0 Å². The van der Waals surface area contributed by atoms with Crippen LogP contribution < -0.4 is 4.73 Å². The quantitative estimate of drug-likeness (QED) is 0.449. The maximum absolute atomic E-state index is 11.6. The van der Waals surface area contributed by atoms with E-state index in [-0.39, 0.29) is 11.2 Å². The molecule has 4 heteroatoms. The standard InChI is InChI=1S/C11H15NO2S/c1-11(2,3)9(13)8-15-10-6-4-5-7-12(10)14/h4-7H,8H2,1-3H3. The van der Waals surface area contributed by atoms with Crippen molar-refractivity contribution in [1.29, 1.82) is 0 Å². The molecule has 1 heterocycles. The van der Waals surface area contributed by atoms with Gasteiger partial charge in [-0.1, -0.05) is 20.8 Å². The van der Waals surface area contributed by atoms with Crippen molar-refractivity contribution >= 4 is 17.5 Å². The minimum Gasteiger partial charge on any atom is -0.618 e. The Kier molecular flexibility index (Phi) is 3.74. The zero-order valence-corrected chi connectivity index (χ0v) is 10.0. The lowest BCUT2D eigenvalue weighted by Crippen LogP contribution is -2.29. The normalized spacial score (nSPS) is 11.4. The molecule has 0 aliphatic rings. The highest BCUT2D eigenvalue weighted by Gasteiger charge is 2.22. The van der Waals surface area contributed by atoms with Crippen molar-refractivity contribution in [1.82, 2.24) is 0 Å². The van der Waals surface area contributed by atoms with E-state index >= 15 is 0 Å². The van der Waals surface area contributed by atoms with E-state index in [1.54, 1.807) is 18.2 Å². The number of carbonyl (C=O) groups is 1. The van der Waals surface area contributed by atoms with Crippen molar-refractivity contribution in [3.8, 4) is 0 Å². The van der Waals surface area contributed by atoms with E-state index in [4.69, 9.17) is 0 Å². The molecule has 1 rings (SSSR count). The van der Waals surface area contributed by atoms with Gasteiger partial charge in [0.25, 0.3) is 5.03 Å². The summed E-state index contributed by atoms with van der Waals surface area (Å²) in [5.74, 6) is 0.492. The van der Waals surface area contributed by atoms with Gasteiger partial charge in [0.1, 0.15) is 5.78 Å². The minimum absolute atomic E-state index is 0.149. The summed E-state index contributed by atoms with van der Waals surface area (Å²) in [6.07, 6.45) is 1.43. The van der Waals surface area contributed by atoms with E-state index in [9.17, 15) is 10.0 Å². The van der Waals surface area contributed by atoms with Gasteiger partial charge in [0.15, 0.2) is 6.20 Å². The van der Waals surface area contributed by atoms with Crippen molar-refractivity contribution in [2.24, 2.45) is 5.41 Å². The smallest absolute Gasteiger partial charge is 0.251 e. The van der Waals surface area contributed by atoms with E-state index in [1.165, 1.54) is 18.0 Å². The number of hydrogen-bond donors (Lipinski definition) is 0. The number of thioether (sulfide) groups is 1. The van der Waals surface area contributed by atoms with Crippen molar-refractivity contribution in [2.45, 2.75) is 25.8 Å².